The third kappa shape index (κ3) is 9.32. The van der Waals surface area contributed by atoms with Crippen LogP contribution in [0.1, 0.15) is 33.1 Å². The van der Waals surface area contributed by atoms with Gasteiger partial charge < -0.3 is 10.1 Å². The molecule has 0 aliphatic rings. The molecule has 0 rings (SSSR count). The smallest absolute Gasteiger partial charge is 0.0638 e. The standard InChI is InChI=1S/C10H20N2O/c1-3-8-13-9-4-7-12-10(2)5-6-11/h10,12H,3-5,7-9H2,1-2H3. The fraction of sp³-hybridized carbons (Fsp3) is 0.900. The summed E-state index contributed by atoms with van der Waals surface area (Å²) in [4.78, 5) is 0. The Balaban J connectivity index is 3.03. The lowest BCUT2D eigenvalue weighted by atomic mass is 10.2. The maximum absolute atomic E-state index is 8.39. The Morgan fingerprint density at radius 1 is 1.46 bits per heavy atom. The molecule has 0 aliphatic heterocycles. The first kappa shape index (κ1) is 12.4. The largest absolute Gasteiger partial charge is 0.381 e. The molecule has 3 heteroatoms. The average molecular weight is 184 g/mol. The van der Waals surface area contributed by atoms with Gasteiger partial charge in [0.15, 0.2) is 0 Å². The molecule has 0 fully saturated rings. The molecule has 0 amide bonds. The molecule has 0 aromatic carbocycles. The van der Waals surface area contributed by atoms with Gasteiger partial charge in [-0.15, -0.1) is 0 Å². The van der Waals surface area contributed by atoms with Crippen LogP contribution in [0.25, 0.3) is 0 Å². The van der Waals surface area contributed by atoms with E-state index in [1.54, 1.807) is 0 Å². The predicted octanol–water partition coefficient (Wildman–Crippen LogP) is 1.69. The van der Waals surface area contributed by atoms with Crippen molar-refractivity contribution in [2.24, 2.45) is 0 Å². The maximum atomic E-state index is 8.39. The lowest BCUT2D eigenvalue weighted by molar-refractivity contribution is 0.132. The van der Waals surface area contributed by atoms with E-state index in [4.69, 9.17) is 10.00 Å². The maximum Gasteiger partial charge on any atom is 0.0638 e. The van der Waals surface area contributed by atoms with Gasteiger partial charge in [-0.25, -0.2) is 0 Å². The number of hydrogen-bond acceptors (Lipinski definition) is 3. The molecule has 76 valence electrons. The van der Waals surface area contributed by atoms with E-state index in [9.17, 15) is 0 Å². The number of nitriles is 1. The van der Waals surface area contributed by atoms with Crippen LogP contribution >= 0.6 is 0 Å². The minimum Gasteiger partial charge on any atom is -0.381 e. The first-order chi connectivity index (χ1) is 6.31. The van der Waals surface area contributed by atoms with Crippen LogP contribution in [-0.4, -0.2) is 25.8 Å². The first-order valence-electron chi connectivity index (χ1n) is 4.99. The highest BCUT2D eigenvalue weighted by Gasteiger charge is 1.97. The topological polar surface area (TPSA) is 45.0 Å². The second-order valence-electron chi connectivity index (χ2n) is 3.18. The molecule has 1 N–H and O–H groups in total. The highest BCUT2D eigenvalue weighted by atomic mass is 16.5. The monoisotopic (exact) mass is 184 g/mol. The highest BCUT2D eigenvalue weighted by Crippen LogP contribution is 1.89. The third-order valence-electron chi connectivity index (χ3n) is 1.70. The van der Waals surface area contributed by atoms with Gasteiger partial charge in [0.25, 0.3) is 0 Å². The SMILES string of the molecule is CCCOCCCNC(C)CC#N. The second kappa shape index (κ2) is 9.50. The summed E-state index contributed by atoms with van der Waals surface area (Å²) in [5, 5.41) is 11.7. The zero-order valence-electron chi connectivity index (χ0n) is 8.68. The molecule has 0 heterocycles. The van der Waals surface area contributed by atoms with Crippen molar-refractivity contribution in [3.63, 3.8) is 0 Å². The van der Waals surface area contributed by atoms with E-state index in [0.29, 0.717) is 12.5 Å². The summed E-state index contributed by atoms with van der Waals surface area (Å²) in [6.45, 7) is 6.74. The molecule has 0 bridgehead atoms. The summed E-state index contributed by atoms with van der Waals surface area (Å²) in [5.74, 6) is 0. The van der Waals surface area contributed by atoms with Gasteiger partial charge in [0, 0.05) is 19.3 Å². The van der Waals surface area contributed by atoms with Crippen molar-refractivity contribution in [1.82, 2.24) is 5.32 Å². The van der Waals surface area contributed by atoms with Gasteiger partial charge in [0.05, 0.1) is 12.5 Å². The van der Waals surface area contributed by atoms with E-state index in [1.165, 1.54) is 0 Å². The van der Waals surface area contributed by atoms with Gasteiger partial charge >= 0.3 is 0 Å². The Morgan fingerprint density at radius 2 is 2.23 bits per heavy atom. The summed E-state index contributed by atoms with van der Waals surface area (Å²) in [6, 6.07) is 2.44. The molecule has 0 radical (unpaired) electrons. The predicted molar refractivity (Wildman–Crippen MR) is 53.4 cm³/mol. The van der Waals surface area contributed by atoms with Gasteiger partial charge in [-0.2, -0.15) is 5.26 Å². The zero-order chi connectivity index (χ0) is 9.94. The minimum atomic E-state index is 0.302. The fourth-order valence-electron chi connectivity index (χ4n) is 0.978. The first-order valence-corrected chi connectivity index (χ1v) is 4.99. The summed E-state index contributed by atoms with van der Waals surface area (Å²) >= 11 is 0. The molecule has 1 atom stereocenters. The van der Waals surface area contributed by atoms with Crippen molar-refractivity contribution in [1.29, 1.82) is 5.26 Å². The van der Waals surface area contributed by atoms with E-state index >= 15 is 0 Å². The lowest BCUT2D eigenvalue weighted by Gasteiger charge is -2.09. The minimum absolute atomic E-state index is 0.302. The van der Waals surface area contributed by atoms with Crippen molar-refractivity contribution in [2.75, 3.05) is 19.8 Å². The molecule has 0 aliphatic carbocycles. The van der Waals surface area contributed by atoms with Crippen molar-refractivity contribution in [3.8, 4) is 6.07 Å². The van der Waals surface area contributed by atoms with Crippen molar-refractivity contribution in [2.45, 2.75) is 39.2 Å². The van der Waals surface area contributed by atoms with Crippen LogP contribution in [0, 0.1) is 11.3 Å². The number of nitrogens with one attached hydrogen (secondary N) is 1. The molecule has 0 saturated heterocycles. The molecule has 0 spiro atoms. The molecular formula is C10H20N2O. The molecular weight excluding hydrogens is 164 g/mol. The van der Waals surface area contributed by atoms with Crippen molar-refractivity contribution in [3.05, 3.63) is 0 Å². The Hall–Kier alpha value is -0.590. The Kier molecular flexibility index (Phi) is 9.07. The summed E-state index contributed by atoms with van der Waals surface area (Å²) < 4.78 is 5.32. The number of nitrogens with zero attached hydrogens (tertiary/aromatic N) is 1. The van der Waals surface area contributed by atoms with Gasteiger partial charge in [0.1, 0.15) is 0 Å². The molecule has 1 unspecified atom stereocenters. The van der Waals surface area contributed by atoms with Crippen LogP contribution < -0.4 is 5.32 Å². The number of ether oxygens (including phenoxy) is 1. The Bertz CT molecular complexity index is 142. The average Bonchev–Trinajstić information content (AvgIpc) is 2.11. The van der Waals surface area contributed by atoms with E-state index < -0.39 is 0 Å². The van der Waals surface area contributed by atoms with Crippen LogP contribution in [0.4, 0.5) is 0 Å². The molecule has 13 heavy (non-hydrogen) atoms. The quantitative estimate of drug-likeness (QED) is 0.584. The summed E-state index contributed by atoms with van der Waals surface area (Å²) in [7, 11) is 0. The Labute approximate surface area is 81.1 Å². The van der Waals surface area contributed by atoms with Crippen molar-refractivity contribution < 1.29 is 4.74 Å². The molecule has 0 aromatic heterocycles. The van der Waals surface area contributed by atoms with Crippen molar-refractivity contribution >= 4 is 0 Å². The van der Waals surface area contributed by atoms with E-state index in [1.807, 2.05) is 6.92 Å². The second-order valence-corrected chi connectivity index (χ2v) is 3.18. The van der Waals surface area contributed by atoms with E-state index in [0.717, 1.165) is 32.6 Å². The molecule has 0 saturated carbocycles. The van der Waals surface area contributed by atoms with E-state index in [-0.39, 0.29) is 0 Å². The van der Waals surface area contributed by atoms with Crippen LogP contribution in [0.3, 0.4) is 0 Å². The van der Waals surface area contributed by atoms with Crippen LogP contribution in [-0.2, 0) is 4.74 Å². The van der Waals surface area contributed by atoms with Gasteiger partial charge in [-0.1, -0.05) is 6.92 Å². The fourth-order valence-corrected chi connectivity index (χ4v) is 0.978. The number of rotatable bonds is 8. The molecule has 0 aromatic rings. The zero-order valence-corrected chi connectivity index (χ0v) is 8.68. The Morgan fingerprint density at radius 3 is 2.85 bits per heavy atom. The van der Waals surface area contributed by atoms with Crippen LogP contribution in [0.15, 0.2) is 0 Å². The summed E-state index contributed by atoms with van der Waals surface area (Å²) in [6.07, 6.45) is 2.68. The van der Waals surface area contributed by atoms with Crippen LogP contribution in [0.2, 0.25) is 0 Å². The normalized spacial score (nSPS) is 12.4. The number of hydrogen-bond donors (Lipinski definition) is 1. The summed E-state index contributed by atoms with van der Waals surface area (Å²) in [5.41, 5.74) is 0. The lowest BCUT2D eigenvalue weighted by Crippen LogP contribution is -2.27. The molecule has 3 nitrogen and oxygen atoms in total. The highest BCUT2D eigenvalue weighted by molar-refractivity contribution is 4.76. The van der Waals surface area contributed by atoms with Gasteiger partial charge in [-0.3, -0.25) is 0 Å². The van der Waals surface area contributed by atoms with E-state index in [2.05, 4.69) is 18.3 Å². The van der Waals surface area contributed by atoms with Gasteiger partial charge in [-0.05, 0) is 26.3 Å². The third-order valence-corrected chi connectivity index (χ3v) is 1.70. The van der Waals surface area contributed by atoms with Crippen LogP contribution in [0.5, 0.6) is 0 Å². The van der Waals surface area contributed by atoms with Gasteiger partial charge in [0.2, 0.25) is 0 Å².